The van der Waals surface area contributed by atoms with Gasteiger partial charge in [-0.25, -0.2) is 13.4 Å². The number of aromatic nitrogens is 4. The first-order valence-corrected chi connectivity index (χ1v) is 13.2. The van der Waals surface area contributed by atoms with Gasteiger partial charge in [-0.05, 0) is 43.4 Å². The second-order valence-corrected chi connectivity index (χ2v) is 12.1. The van der Waals surface area contributed by atoms with E-state index < -0.39 is 21.1 Å². The number of rotatable bonds is 7. The Balaban J connectivity index is 1.75. The van der Waals surface area contributed by atoms with Gasteiger partial charge in [0.25, 0.3) is 5.91 Å². The Morgan fingerprint density at radius 3 is 2.56 bits per heavy atom. The maximum atomic E-state index is 13.6. The standard InChI is InChI=1S/C24H33N5O4S/c1-5-21(29-15-17(13-26-29)22(25)30)34(31,32)18-6-7-20-19(12-18)27-23(24(2,3)4)28(20)14-16-8-10-33-11-9-16/h6-7,12-13,15-16,21H,5,8-11,14H2,1-4H3,(H2,25,30). The van der Waals surface area contributed by atoms with Crippen LogP contribution in [0.2, 0.25) is 0 Å². The first kappa shape index (κ1) is 24.4. The molecular formula is C24H33N5O4S. The Labute approximate surface area is 200 Å². The minimum atomic E-state index is -3.79. The lowest BCUT2D eigenvalue weighted by molar-refractivity contribution is 0.0611. The van der Waals surface area contributed by atoms with Crippen molar-refractivity contribution >= 4 is 26.8 Å². The fraction of sp³-hybridized carbons (Fsp3) is 0.542. The van der Waals surface area contributed by atoms with E-state index in [1.165, 1.54) is 17.1 Å². The molecule has 1 amide bonds. The van der Waals surface area contributed by atoms with Crippen LogP contribution in [0.3, 0.4) is 0 Å². The molecule has 1 saturated heterocycles. The Hall–Kier alpha value is -2.72. The summed E-state index contributed by atoms with van der Waals surface area (Å²) in [6, 6.07) is 5.16. The molecule has 2 aromatic heterocycles. The molecule has 9 nitrogen and oxygen atoms in total. The Morgan fingerprint density at radius 2 is 1.97 bits per heavy atom. The summed E-state index contributed by atoms with van der Waals surface area (Å²) in [7, 11) is -3.79. The van der Waals surface area contributed by atoms with Crippen molar-refractivity contribution in [2.75, 3.05) is 13.2 Å². The minimum absolute atomic E-state index is 0.172. The van der Waals surface area contributed by atoms with E-state index in [1.807, 2.05) is 6.07 Å². The van der Waals surface area contributed by atoms with Crippen LogP contribution < -0.4 is 5.73 Å². The molecule has 0 saturated carbocycles. The number of ether oxygens (including phenoxy) is 1. The predicted molar refractivity (Wildman–Crippen MR) is 129 cm³/mol. The van der Waals surface area contributed by atoms with E-state index >= 15 is 0 Å². The molecule has 0 aliphatic carbocycles. The third kappa shape index (κ3) is 4.61. The van der Waals surface area contributed by atoms with Crippen molar-refractivity contribution in [2.24, 2.45) is 11.7 Å². The van der Waals surface area contributed by atoms with Gasteiger partial charge in [0.1, 0.15) is 5.82 Å². The van der Waals surface area contributed by atoms with Gasteiger partial charge in [-0.2, -0.15) is 5.10 Å². The van der Waals surface area contributed by atoms with Crippen LogP contribution in [0, 0.1) is 5.92 Å². The number of carbonyl (C=O) groups is 1. The summed E-state index contributed by atoms with van der Waals surface area (Å²) in [6.07, 6.45) is 4.96. The molecule has 0 bridgehead atoms. The molecule has 3 heterocycles. The zero-order chi connectivity index (χ0) is 24.7. The summed E-state index contributed by atoms with van der Waals surface area (Å²) in [5.74, 6) is 0.790. The highest BCUT2D eigenvalue weighted by Gasteiger charge is 2.31. The number of primary amides is 1. The van der Waals surface area contributed by atoms with Crippen LogP contribution in [-0.4, -0.2) is 46.9 Å². The number of carbonyl (C=O) groups excluding carboxylic acids is 1. The molecule has 1 aliphatic rings. The van der Waals surface area contributed by atoms with Crippen LogP contribution >= 0.6 is 0 Å². The minimum Gasteiger partial charge on any atom is -0.381 e. The molecule has 1 fully saturated rings. The van der Waals surface area contributed by atoms with Gasteiger partial charge in [0.05, 0.1) is 27.7 Å². The smallest absolute Gasteiger partial charge is 0.251 e. The van der Waals surface area contributed by atoms with E-state index in [4.69, 9.17) is 15.5 Å². The first-order valence-electron chi connectivity index (χ1n) is 11.7. The topological polar surface area (TPSA) is 122 Å². The number of fused-ring (bicyclic) bond motifs is 1. The molecule has 0 spiro atoms. The van der Waals surface area contributed by atoms with E-state index in [0.29, 0.717) is 11.4 Å². The monoisotopic (exact) mass is 487 g/mol. The second kappa shape index (κ2) is 9.14. The lowest BCUT2D eigenvalue weighted by Gasteiger charge is -2.26. The number of nitrogens with two attached hydrogens (primary N) is 1. The summed E-state index contributed by atoms with van der Waals surface area (Å²) >= 11 is 0. The van der Waals surface area contributed by atoms with Crippen LogP contribution in [0.5, 0.6) is 0 Å². The van der Waals surface area contributed by atoms with Crippen molar-refractivity contribution in [3.05, 3.63) is 42.0 Å². The van der Waals surface area contributed by atoms with Crippen LogP contribution in [-0.2, 0) is 26.5 Å². The van der Waals surface area contributed by atoms with Crippen molar-refractivity contribution in [1.82, 2.24) is 19.3 Å². The Kier molecular flexibility index (Phi) is 6.56. The molecule has 34 heavy (non-hydrogen) atoms. The van der Waals surface area contributed by atoms with Gasteiger partial charge in [0, 0.05) is 31.4 Å². The van der Waals surface area contributed by atoms with Gasteiger partial charge in [0.2, 0.25) is 9.84 Å². The SMILES string of the molecule is CCC(n1cc(C(N)=O)cn1)S(=O)(=O)c1ccc2c(c1)nc(C(C)(C)C)n2CC1CCOCC1. The zero-order valence-electron chi connectivity index (χ0n) is 20.2. The number of sulfone groups is 1. The van der Waals surface area contributed by atoms with Gasteiger partial charge >= 0.3 is 0 Å². The first-order chi connectivity index (χ1) is 16.0. The van der Waals surface area contributed by atoms with Crippen molar-refractivity contribution in [2.45, 2.75) is 69.2 Å². The van der Waals surface area contributed by atoms with Crippen molar-refractivity contribution in [3.63, 3.8) is 0 Å². The normalized spacial score (nSPS) is 16.7. The van der Waals surface area contributed by atoms with Crippen molar-refractivity contribution in [3.8, 4) is 0 Å². The van der Waals surface area contributed by atoms with Crippen LogP contribution in [0.4, 0.5) is 0 Å². The van der Waals surface area contributed by atoms with Crippen LogP contribution in [0.25, 0.3) is 11.0 Å². The summed E-state index contributed by atoms with van der Waals surface area (Å²) in [5, 5.41) is 3.13. The predicted octanol–water partition coefficient (Wildman–Crippen LogP) is 3.44. The molecule has 10 heteroatoms. The summed E-state index contributed by atoms with van der Waals surface area (Å²) in [4.78, 5) is 16.5. The molecular weight excluding hydrogens is 454 g/mol. The zero-order valence-corrected chi connectivity index (χ0v) is 21.0. The summed E-state index contributed by atoms with van der Waals surface area (Å²) in [5.41, 5.74) is 6.87. The highest BCUT2D eigenvalue weighted by molar-refractivity contribution is 7.91. The quantitative estimate of drug-likeness (QED) is 0.545. The fourth-order valence-electron chi connectivity index (χ4n) is 4.56. The lowest BCUT2D eigenvalue weighted by Crippen LogP contribution is -2.25. The number of benzene rings is 1. The number of hydrogen-bond acceptors (Lipinski definition) is 6. The number of imidazole rings is 1. The Morgan fingerprint density at radius 1 is 1.26 bits per heavy atom. The van der Waals surface area contributed by atoms with E-state index in [0.717, 1.165) is 43.9 Å². The van der Waals surface area contributed by atoms with E-state index in [-0.39, 0.29) is 22.3 Å². The molecule has 2 N–H and O–H groups in total. The maximum absolute atomic E-state index is 13.6. The van der Waals surface area contributed by atoms with Crippen molar-refractivity contribution in [1.29, 1.82) is 0 Å². The van der Waals surface area contributed by atoms with E-state index in [2.05, 4.69) is 30.4 Å². The summed E-state index contributed by atoms with van der Waals surface area (Å²) < 4.78 is 36.2. The van der Waals surface area contributed by atoms with Gasteiger partial charge in [0.15, 0.2) is 5.37 Å². The maximum Gasteiger partial charge on any atom is 0.251 e. The molecule has 4 rings (SSSR count). The third-order valence-electron chi connectivity index (χ3n) is 6.39. The second-order valence-electron chi connectivity index (χ2n) is 9.98. The lowest BCUT2D eigenvalue weighted by atomic mass is 9.94. The average molecular weight is 488 g/mol. The molecule has 184 valence electrons. The van der Waals surface area contributed by atoms with Gasteiger partial charge < -0.3 is 15.0 Å². The van der Waals surface area contributed by atoms with Crippen molar-refractivity contribution < 1.29 is 17.9 Å². The third-order valence-corrected chi connectivity index (χ3v) is 8.57. The molecule has 3 aromatic rings. The number of amides is 1. The Bertz CT molecular complexity index is 1300. The highest BCUT2D eigenvalue weighted by atomic mass is 32.2. The number of hydrogen-bond donors (Lipinski definition) is 1. The van der Waals surface area contributed by atoms with E-state index in [9.17, 15) is 13.2 Å². The van der Waals surface area contributed by atoms with Gasteiger partial charge in [-0.1, -0.05) is 27.7 Å². The van der Waals surface area contributed by atoms with Gasteiger partial charge in [-0.3, -0.25) is 9.48 Å². The van der Waals surface area contributed by atoms with Gasteiger partial charge in [-0.15, -0.1) is 0 Å². The number of nitrogens with zero attached hydrogens (tertiary/aromatic N) is 4. The average Bonchev–Trinajstić information content (AvgIpc) is 3.40. The molecule has 0 radical (unpaired) electrons. The van der Waals surface area contributed by atoms with E-state index in [1.54, 1.807) is 19.1 Å². The molecule has 1 aliphatic heterocycles. The van der Waals surface area contributed by atoms with Crippen LogP contribution in [0.1, 0.15) is 68.5 Å². The molecule has 1 atom stereocenters. The molecule has 1 unspecified atom stereocenters. The fourth-order valence-corrected chi connectivity index (χ4v) is 6.25. The van der Waals surface area contributed by atoms with Crippen LogP contribution in [0.15, 0.2) is 35.5 Å². The highest BCUT2D eigenvalue weighted by Crippen LogP contribution is 2.33. The largest absolute Gasteiger partial charge is 0.381 e. The molecule has 1 aromatic carbocycles. The summed E-state index contributed by atoms with van der Waals surface area (Å²) in [6.45, 7) is 10.5.